The first kappa shape index (κ1) is 27.1. The van der Waals surface area contributed by atoms with E-state index in [-0.39, 0.29) is 18.0 Å². The van der Waals surface area contributed by atoms with E-state index in [1.54, 1.807) is 35.4 Å². The van der Waals surface area contributed by atoms with Crippen LogP contribution in [0.1, 0.15) is 33.5 Å². The fourth-order valence-corrected chi connectivity index (χ4v) is 5.28. The van der Waals surface area contributed by atoms with Crippen LogP contribution in [0.15, 0.2) is 72.9 Å². The van der Waals surface area contributed by atoms with Gasteiger partial charge >= 0.3 is 6.03 Å². The molecule has 2 aliphatic heterocycles. The van der Waals surface area contributed by atoms with Gasteiger partial charge in [-0.2, -0.15) is 10.2 Å². The van der Waals surface area contributed by atoms with Crippen molar-refractivity contribution in [1.29, 1.82) is 5.26 Å². The third-order valence-electron chi connectivity index (χ3n) is 7.30. The summed E-state index contributed by atoms with van der Waals surface area (Å²) in [4.78, 5) is 36.5. The normalized spacial score (nSPS) is 15.5. The molecule has 4 N–H and O–H groups in total. The average Bonchev–Trinajstić information content (AvgIpc) is 3.46. The van der Waals surface area contributed by atoms with Gasteiger partial charge in [0.15, 0.2) is 5.82 Å². The number of hydrogen-bond acceptors (Lipinski definition) is 7. The Balaban J connectivity index is 1.16. The zero-order valence-corrected chi connectivity index (χ0v) is 23.3. The molecule has 11 heteroatoms. The summed E-state index contributed by atoms with van der Waals surface area (Å²) >= 11 is 6.37. The molecule has 1 saturated heterocycles. The van der Waals surface area contributed by atoms with E-state index in [9.17, 15) is 9.59 Å². The summed E-state index contributed by atoms with van der Waals surface area (Å²) in [5, 5.41) is 21.9. The molecular formula is C31H27ClN8O2. The van der Waals surface area contributed by atoms with Crippen LogP contribution >= 0.6 is 11.6 Å². The Labute approximate surface area is 247 Å². The quantitative estimate of drug-likeness (QED) is 0.248. The number of likely N-dealkylation sites (tertiary alicyclic amines) is 1. The van der Waals surface area contributed by atoms with E-state index in [0.29, 0.717) is 59.5 Å². The molecule has 6 rings (SSSR count). The van der Waals surface area contributed by atoms with Gasteiger partial charge in [-0.05, 0) is 85.0 Å². The van der Waals surface area contributed by atoms with E-state index < -0.39 is 0 Å². The lowest BCUT2D eigenvalue weighted by Crippen LogP contribution is -2.40. The van der Waals surface area contributed by atoms with E-state index in [4.69, 9.17) is 16.9 Å². The summed E-state index contributed by atoms with van der Waals surface area (Å²) in [5.74, 6) is 0.779. The van der Waals surface area contributed by atoms with Gasteiger partial charge < -0.3 is 26.2 Å². The summed E-state index contributed by atoms with van der Waals surface area (Å²) in [5.41, 5.74) is 5.44. The molecule has 0 unspecified atom stereocenters. The molecule has 0 saturated carbocycles. The van der Waals surface area contributed by atoms with Crippen LogP contribution in [-0.4, -0.2) is 45.9 Å². The largest absolute Gasteiger partial charge is 0.339 e. The number of nitrogens with one attached hydrogen (secondary N) is 4. The Morgan fingerprint density at radius 2 is 1.86 bits per heavy atom. The minimum Gasteiger partial charge on any atom is -0.339 e. The third kappa shape index (κ3) is 6.11. The van der Waals surface area contributed by atoms with Crippen LogP contribution in [0.5, 0.6) is 0 Å². The van der Waals surface area contributed by atoms with E-state index >= 15 is 0 Å². The average molecular weight is 579 g/mol. The fourth-order valence-electron chi connectivity index (χ4n) is 5.14. The van der Waals surface area contributed by atoms with Gasteiger partial charge in [0.2, 0.25) is 5.95 Å². The number of carbonyl (C=O) groups is 2. The number of anilines is 5. The summed E-state index contributed by atoms with van der Waals surface area (Å²) < 4.78 is 0. The number of fused-ring (bicyclic) bond motifs is 6. The van der Waals surface area contributed by atoms with Gasteiger partial charge in [-0.25, -0.2) is 9.78 Å². The van der Waals surface area contributed by atoms with Crippen molar-refractivity contribution < 1.29 is 9.59 Å². The van der Waals surface area contributed by atoms with Crippen molar-refractivity contribution in [3.63, 3.8) is 0 Å². The molecule has 3 amide bonds. The molecule has 0 spiro atoms. The van der Waals surface area contributed by atoms with Crippen LogP contribution in [0.3, 0.4) is 0 Å². The summed E-state index contributed by atoms with van der Waals surface area (Å²) in [6.07, 6.45) is 3.63. The second-order valence-electron chi connectivity index (χ2n) is 10.2. The van der Waals surface area contributed by atoms with Crippen LogP contribution < -0.4 is 21.3 Å². The number of benzene rings is 3. The van der Waals surface area contributed by atoms with Crippen LogP contribution in [0.25, 0.3) is 0 Å². The predicted molar refractivity (Wildman–Crippen MR) is 162 cm³/mol. The Kier molecular flexibility index (Phi) is 7.58. The molecule has 1 aromatic heterocycles. The lowest BCUT2D eigenvalue weighted by Gasteiger charge is -2.18. The Morgan fingerprint density at radius 1 is 1.02 bits per heavy atom. The highest BCUT2D eigenvalue weighted by Gasteiger charge is 2.28. The first-order chi connectivity index (χ1) is 20.4. The first-order valence-corrected chi connectivity index (χ1v) is 14.0. The van der Waals surface area contributed by atoms with Gasteiger partial charge in [-0.3, -0.25) is 4.79 Å². The van der Waals surface area contributed by atoms with Crippen molar-refractivity contribution in [2.75, 3.05) is 29.0 Å². The molecule has 3 aromatic carbocycles. The summed E-state index contributed by atoms with van der Waals surface area (Å²) in [6, 6.07) is 21.9. The van der Waals surface area contributed by atoms with Crippen molar-refractivity contribution in [3.8, 4) is 6.07 Å². The Bertz CT molecular complexity index is 1700. The van der Waals surface area contributed by atoms with E-state index in [2.05, 4.69) is 49.4 Å². The number of urea groups is 1. The number of hydrogen-bond donors (Lipinski definition) is 4. The predicted octanol–water partition coefficient (Wildman–Crippen LogP) is 5.62. The van der Waals surface area contributed by atoms with Gasteiger partial charge in [-0.1, -0.05) is 23.7 Å². The lowest BCUT2D eigenvalue weighted by molar-refractivity contribution is 0.0789. The van der Waals surface area contributed by atoms with Crippen LogP contribution in [0, 0.1) is 11.3 Å². The van der Waals surface area contributed by atoms with Crippen molar-refractivity contribution >= 4 is 52.4 Å². The number of aryl methyl sites for hydroxylation is 2. The Hall–Kier alpha value is -5.14. The molecule has 4 aromatic rings. The zero-order chi connectivity index (χ0) is 29.1. The number of carbonyl (C=O) groups excluding carboxylic acids is 2. The molecule has 2 aliphatic rings. The zero-order valence-electron chi connectivity index (χ0n) is 22.5. The van der Waals surface area contributed by atoms with Crippen molar-refractivity contribution in [1.82, 2.24) is 20.2 Å². The van der Waals surface area contributed by atoms with Gasteiger partial charge in [0.25, 0.3) is 5.91 Å². The Morgan fingerprint density at radius 3 is 2.69 bits per heavy atom. The molecule has 42 heavy (non-hydrogen) atoms. The molecule has 6 bridgehead atoms. The van der Waals surface area contributed by atoms with Gasteiger partial charge in [0.05, 0.1) is 17.8 Å². The molecule has 1 atom stereocenters. The van der Waals surface area contributed by atoms with Crippen molar-refractivity contribution in [2.24, 2.45) is 0 Å². The minimum absolute atomic E-state index is 0.117. The highest BCUT2D eigenvalue weighted by atomic mass is 35.5. The molecule has 3 heterocycles. The van der Waals surface area contributed by atoms with Crippen LogP contribution in [0.2, 0.25) is 5.02 Å². The highest BCUT2D eigenvalue weighted by Crippen LogP contribution is 2.29. The monoisotopic (exact) mass is 578 g/mol. The van der Waals surface area contributed by atoms with Gasteiger partial charge in [-0.15, -0.1) is 0 Å². The maximum absolute atomic E-state index is 13.1. The summed E-state index contributed by atoms with van der Waals surface area (Å²) in [7, 11) is 0. The van der Waals surface area contributed by atoms with E-state index in [1.165, 1.54) is 0 Å². The van der Waals surface area contributed by atoms with Crippen LogP contribution in [0.4, 0.5) is 33.6 Å². The number of halogens is 1. The number of amides is 3. The summed E-state index contributed by atoms with van der Waals surface area (Å²) in [6.45, 7) is 0.949. The van der Waals surface area contributed by atoms with Gasteiger partial charge in [0.1, 0.15) is 5.02 Å². The fraction of sp³-hybridized carbons (Fsp3) is 0.194. The SMILES string of the molecule is N#Cc1ccc(C(=O)N2CC[C@H](NC(=O)Nc3ccc4cc3CCc3cccc(c3)Nc3ncc(Cl)c(n3)N4)C2)cc1. The number of aromatic nitrogens is 2. The van der Waals surface area contributed by atoms with E-state index in [1.807, 2.05) is 30.3 Å². The van der Waals surface area contributed by atoms with Crippen molar-refractivity contribution in [2.45, 2.75) is 25.3 Å². The van der Waals surface area contributed by atoms with Gasteiger partial charge in [0, 0.05) is 41.8 Å². The smallest absolute Gasteiger partial charge is 0.319 e. The van der Waals surface area contributed by atoms with Crippen molar-refractivity contribution in [3.05, 3.63) is 100 Å². The number of rotatable bonds is 3. The molecular weight excluding hydrogens is 552 g/mol. The molecule has 0 aliphatic carbocycles. The number of nitriles is 1. The topological polar surface area (TPSA) is 135 Å². The van der Waals surface area contributed by atoms with Crippen LogP contribution in [-0.2, 0) is 12.8 Å². The second-order valence-corrected chi connectivity index (χ2v) is 10.6. The highest BCUT2D eigenvalue weighted by molar-refractivity contribution is 6.32. The van der Waals surface area contributed by atoms with E-state index in [0.717, 1.165) is 28.9 Å². The molecule has 0 radical (unpaired) electrons. The third-order valence-corrected chi connectivity index (χ3v) is 7.57. The first-order valence-electron chi connectivity index (χ1n) is 13.6. The standard InChI is InChI=1S/C31H27ClN8O2/c32-26-17-34-30-36-23-3-1-2-19(14-23)4-9-22-15-24(35-28(26)39-30)10-11-27(22)38-31(42)37-25-12-13-40(18-25)29(41)21-7-5-20(16-33)6-8-21/h1-3,5-8,10-11,14-15,17,25H,4,9,12-13,18H2,(H2,37,38,42)(H2,34,35,36,39)/t25-/m0/s1. The minimum atomic E-state index is -0.331. The molecule has 1 fully saturated rings. The maximum Gasteiger partial charge on any atom is 0.319 e. The lowest BCUT2D eigenvalue weighted by atomic mass is 10.0. The number of nitrogens with zero attached hydrogens (tertiary/aromatic N) is 4. The maximum atomic E-state index is 13.1. The second kappa shape index (κ2) is 11.8. The molecule has 210 valence electrons. The molecule has 10 nitrogen and oxygen atoms in total.